The zero-order chi connectivity index (χ0) is 20.5. The zero-order valence-electron chi connectivity index (χ0n) is 16.1. The molecular weight excluding hydrogens is 453 g/mol. The van der Waals surface area contributed by atoms with Gasteiger partial charge in [0.25, 0.3) is 5.91 Å². The molecule has 3 rings (SSSR count). The number of carbonyl (C=O) groups is 1. The lowest BCUT2D eigenvalue weighted by atomic mass is 10.2. The lowest BCUT2D eigenvalue weighted by Gasteiger charge is -2.22. The van der Waals surface area contributed by atoms with Crippen LogP contribution in [-0.2, 0) is 9.84 Å². The number of sulfone groups is 1. The highest BCUT2D eigenvalue weighted by atomic mass is 35.5. The smallest absolute Gasteiger partial charge is 0.260 e. The first-order chi connectivity index (χ1) is 13.1. The van der Waals surface area contributed by atoms with Gasteiger partial charge in [0.1, 0.15) is 0 Å². The Morgan fingerprint density at radius 3 is 2.34 bits per heavy atom. The first-order valence-corrected chi connectivity index (χ1v) is 11.6. The first-order valence-electron chi connectivity index (χ1n) is 8.48. The Labute approximate surface area is 185 Å². The van der Waals surface area contributed by atoms with Crippen LogP contribution in [0.1, 0.15) is 10.4 Å². The number of nitrogens with zero attached hydrogens (tertiary/aromatic N) is 3. The SMILES string of the molecule is CN(C)CCN(C(=O)c1ccc(S(C)(=O)=O)cc1)c1nc2ccc(Cl)cc2s1.Cl. The van der Waals surface area contributed by atoms with E-state index in [1.54, 1.807) is 11.0 Å². The van der Waals surface area contributed by atoms with E-state index in [0.717, 1.165) is 16.5 Å². The average molecular weight is 474 g/mol. The number of benzene rings is 2. The second-order valence-electron chi connectivity index (χ2n) is 6.67. The summed E-state index contributed by atoms with van der Waals surface area (Å²) in [5, 5.41) is 1.20. The number of amides is 1. The Hall–Kier alpha value is -1.71. The fraction of sp³-hybridized carbons (Fsp3) is 0.263. The van der Waals surface area contributed by atoms with Gasteiger partial charge in [-0.3, -0.25) is 9.69 Å². The number of rotatable bonds is 6. The predicted octanol–water partition coefficient (Wildman–Crippen LogP) is 3.98. The van der Waals surface area contributed by atoms with Crippen molar-refractivity contribution in [1.29, 1.82) is 0 Å². The maximum absolute atomic E-state index is 13.2. The second-order valence-corrected chi connectivity index (χ2v) is 10.1. The van der Waals surface area contributed by atoms with Crippen LogP contribution in [0.2, 0.25) is 5.02 Å². The molecule has 0 atom stereocenters. The van der Waals surface area contributed by atoms with E-state index in [-0.39, 0.29) is 23.2 Å². The van der Waals surface area contributed by atoms with Crippen molar-refractivity contribution in [3.8, 4) is 0 Å². The van der Waals surface area contributed by atoms with E-state index in [1.807, 2.05) is 31.1 Å². The summed E-state index contributed by atoms with van der Waals surface area (Å²) in [6, 6.07) is 11.4. The van der Waals surface area contributed by atoms with Crippen molar-refractivity contribution < 1.29 is 13.2 Å². The van der Waals surface area contributed by atoms with Crippen molar-refractivity contribution in [3.63, 3.8) is 0 Å². The van der Waals surface area contributed by atoms with E-state index in [0.29, 0.717) is 28.8 Å². The molecule has 0 unspecified atom stereocenters. The van der Waals surface area contributed by atoms with Gasteiger partial charge < -0.3 is 4.90 Å². The summed E-state index contributed by atoms with van der Waals surface area (Å²) in [5.41, 5.74) is 1.18. The van der Waals surface area contributed by atoms with Gasteiger partial charge in [-0.25, -0.2) is 13.4 Å². The highest BCUT2D eigenvalue weighted by molar-refractivity contribution is 7.90. The molecule has 0 N–H and O–H groups in total. The third-order valence-electron chi connectivity index (χ3n) is 4.12. The molecule has 0 aliphatic heterocycles. The maximum Gasteiger partial charge on any atom is 0.260 e. The van der Waals surface area contributed by atoms with Crippen molar-refractivity contribution >= 4 is 66.4 Å². The predicted molar refractivity (Wildman–Crippen MR) is 122 cm³/mol. The van der Waals surface area contributed by atoms with Crippen LogP contribution < -0.4 is 4.90 Å². The maximum atomic E-state index is 13.2. The monoisotopic (exact) mass is 473 g/mol. The molecule has 1 heterocycles. The highest BCUT2D eigenvalue weighted by Gasteiger charge is 2.22. The molecule has 0 bridgehead atoms. The Kier molecular flexibility index (Phi) is 7.64. The van der Waals surface area contributed by atoms with Crippen LogP contribution in [0.25, 0.3) is 10.2 Å². The van der Waals surface area contributed by atoms with Gasteiger partial charge in [0, 0.05) is 29.9 Å². The molecule has 0 aliphatic rings. The van der Waals surface area contributed by atoms with Gasteiger partial charge in [-0.2, -0.15) is 0 Å². The van der Waals surface area contributed by atoms with Gasteiger partial charge in [-0.15, -0.1) is 12.4 Å². The number of fused-ring (bicyclic) bond motifs is 1. The fourth-order valence-corrected chi connectivity index (χ4v) is 4.48. The minimum Gasteiger partial charge on any atom is -0.308 e. The quantitative estimate of drug-likeness (QED) is 0.541. The minimum absolute atomic E-state index is 0. The van der Waals surface area contributed by atoms with Crippen LogP contribution >= 0.6 is 35.3 Å². The summed E-state index contributed by atoms with van der Waals surface area (Å²) in [6.07, 6.45) is 1.14. The number of anilines is 1. The zero-order valence-corrected chi connectivity index (χ0v) is 19.3. The van der Waals surface area contributed by atoms with Crippen LogP contribution in [0.15, 0.2) is 47.4 Å². The summed E-state index contributed by atoms with van der Waals surface area (Å²) in [4.78, 5) is 21.5. The molecule has 0 spiro atoms. The van der Waals surface area contributed by atoms with E-state index in [4.69, 9.17) is 11.6 Å². The normalized spacial score (nSPS) is 11.5. The molecule has 1 amide bonds. The molecule has 0 saturated heterocycles. The number of aromatic nitrogens is 1. The molecule has 6 nitrogen and oxygen atoms in total. The van der Waals surface area contributed by atoms with Crippen molar-refractivity contribution in [3.05, 3.63) is 53.1 Å². The lowest BCUT2D eigenvalue weighted by molar-refractivity contribution is 0.0985. The Bertz CT molecular complexity index is 1110. The van der Waals surface area contributed by atoms with Gasteiger partial charge in [-0.1, -0.05) is 22.9 Å². The Balaban J connectivity index is 0.00000300. The fourth-order valence-electron chi connectivity index (χ4n) is 2.59. The van der Waals surface area contributed by atoms with E-state index in [9.17, 15) is 13.2 Å². The Morgan fingerprint density at radius 1 is 1.10 bits per heavy atom. The van der Waals surface area contributed by atoms with E-state index >= 15 is 0 Å². The largest absolute Gasteiger partial charge is 0.308 e. The molecule has 10 heteroatoms. The molecule has 156 valence electrons. The lowest BCUT2D eigenvalue weighted by Crippen LogP contribution is -2.36. The van der Waals surface area contributed by atoms with Crippen molar-refractivity contribution in [2.24, 2.45) is 0 Å². The number of hydrogen-bond acceptors (Lipinski definition) is 6. The van der Waals surface area contributed by atoms with Crippen LogP contribution in [-0.4, -0.2) is 57.6 Å². The number of halogens is 2. The number of carbonyl (C=O) groups excluding carboxylic acids is 1. The molecule has 0 aliphatic carbocycles. The molecule has 2 aromatic carbocycles. The third-order valence-corrected chi connectivity index (χ3v) is 6.52. The average Bonchev–Trinajstić information content (AvgIpc) is 3.03. The van der Waals surface area contributed by atoms with Crippen molar-refractivity contribution in [2.75, 3.05) is 38.3 Å². The second kappa shape index (κ2) is 9.40. The van der Waals surface area contributed by atoms with E-state index < -0.39 is 9.84 Å². The molecule has 0 saturated carbocycles. The highest BCUT2D eigenvalue weighted by Crippen LogP contribution is 2.31. The van der Waals surface area contributed by atoms with Gasteiger partial charge >= 0.3 is 0 Å². The third kappa shape index (κ3) is 5.67. The summed E-state index contributed by atoms with van der Waals surface area (Å²) in [6.45, 7) is 1.11. The summed E-state index contributed by atoms with van der Waals surface area (Å²) in [5.74, 6) is -0.230. The van der Waals surface area contributed by atoms with Crippen molar-refractivity contribution in [2.45, 2.75) is 4.90 Å². The molecular formula is C19H21Cl2N3O3S2. The molecule has 0 radical (unpaired) electrons. The molecule has 3 aromatic rings. The summed E-state index contributed by atoms with van der Waals surface area (Å²) < 4.78 is 24.2. The standard InChI is InChI=1S/C19H20ClN3O3S2.ClH/c1-22(2)10-11-23(19-21-16-9-6-14(20)12-17(16)27-19)18(24)13-4-7-15(8-5-13)28(3,25)26;/h4-9,12H,10-11H2,1-3H3;1H. The van der Waals surface area contributed by atoms with Crippen LogP contribution in [0, 0.1) is 0 Å². The van der Waals surface area contributed by atoms with E-state index in [2.05, 4.69) is 4.98 Å². The Morgan fingerprint density at radius 2 is 1.76 bits per heavy atom. The van der Waals surface area contributed by atoms with Crippen LogP contribution in [0.3, 0.4) is 0 Å². The number of hydrogen-bond donors (Lipinski definition) is 0. The molecule has 1 aromatic heterocycles. The molecule has 29 heavy (non-hydrogen) atoms. The van der Waals surface area contributed by atoms with Crippen LogP contribution in [0.5, 0.6) is 0 Å². The summed E-state index contributed by atoms with van der Waals surface area (Å²) >= 11 is 7.46. The van der Waals surface area contributed by atoms with Crippen LogP contribution in [0.4, 0.5) is 5.13 Å². The van der Waals surface area contributed by atoms with E-state index in [1.165, 1.54) is 35.6 Å². The molecule has 0 fully saturated rings. The van der Waals surface area contributed by atoms with Crippen molar-refractivity contribution in [1.82, 2.24) is 9.88 Å². The first kappa shape index (κ1) is 23.6. The van der Waals surface area contributed by atoms with Gasteiger partial charge in [-0.05, 0) is 56.6 Å². The summed E-state index contributed by atoms with van der Waals surface area (Å²) in [7, 11) is 0.550. The van der Waals surface area contributed by atoms with Gasteiger partial charge in [0.05, 0.1) is 15.1 Å². The minimum atomic E-state index is -3.31. The van der Waals surface area contributed by atoms with Gasteiger partial charge in [0.2, 0.25) is 0 Å². The van der Waals surface area contributed by atoms with Gasteiger partial charge in [0.15, 0.2) is 15.0 Å². The number of thiazole rings is 1. The number of likely N-dealkylation sites (N-methyl/N-ethyl adjacent to an activating group) is 1. The topological polar surface area (TPSA) is 70.6 Å².